The fourth-order valence-corrected chi connectivity index (χ4v) is 2.78. The van der Waals surface area contributed by atoms with Crippen LogP contribution in [0.4, 0.5) is 10.5 Å². The summed E-state index contributed by atoms with van der Waals surface area (Å²) < 4.78 is 0. The Balaban J connectivity index is 1.81. The molecule has 23 heavy (non-hydrogen) atoms. The van der Waals surface area contributed by atoms with Gasteiger partial charge in [-0.25, -0.2) is 4.79 Å². The second kappa shape index (κ2) is 7.10. The third-order valence-corrected chi connectivity index (χ3v) is 4.51. The minimum Gasteiger partial charge on any atom is -0.330 e. The number of urea groups is 1. The van der Waals surface area contributed by atoms with Crippen LogP contribution in [-0.2, 0) is 4.79 Å². The molecule has 0 spiro atoms. The van der Waals surface area contributed by atoms with E-state index < -0.39 is 6.03 Å². The van der Waals surface area contributed by atoms with Crippen molar-refractivity contribution >= 4 is 17.6 Å². The van der Waals surface area contributed by atoms with Crippen LogP contribution in [0.25, 0.3) is 0 Å². The van der Waals surface area contributed by atoms with Gasteiger partial charge < -0.3 is 11.1 Å². The van der Waals surface area contributed by atoms with Gasteiger partial charge in [0.25, 0.3) is 0 Å². The number of anilines is 1. The number of rotatable bonds is 4. The number of amides is 3. The number of nitrogens with zero attached hydrogens (tertiary/aromatic N) is 1. The van der Waals surface area contributed by atoms with E-state index in [2.05, 4.69) is 17.6 Å². The summed E-state index contributed by atoms with van der Waals surface area (Å²) in [6.07, 6.45) is 0.978. The fourth-order valence-electron chi connectivity index (χ4n) is 2.78. The summed E-state index contributed by atoms with van der Waals surface area (Å²) in [4.78, 5) is 25.9. The maximum absolute atomic E-state index is 12.0. The van der Waals surface area contributed by atoms with Crippen LogP contribution in [0.5, 0.6) is 0 Å². The third kappa shape index (κ3) is 4.77. The largest absolute Gasteiger partial charge is 0.330 e. The molecule has 1 saturated heterocycles. The van der Waals surface area contributed by atoms with E-state index in [1.807, 2.05) is 36.9 Å². The van der Waals surface area contributed by atoms with Gasteiger partial charge in [-0.15, -0.1) is 0 Å². The van der Waals surface area contributed by atoms with E-state index in [9.17, 15) is 9.59 Å². The maximum Gasteiger partial charge on any atom is 0.325 e. The summed E-state index contributed by atoms with van der Waals surface area (Å²) in [5, 5.41) is 5.06. The van der Waals surface area contributed by atoms with Crippen LogP contribution in [0.3, 0.4) is 0 Å². The number of nitrogens with two attached hydrogens (primary N) is 1. The van der Waals surface area contributed by atoms with Crippen LogP contribution >= 0.6 is 0 Å². The number of hydrogen-bond donors (Lipinski definition) is 3. The lowest BCUT2D eigenvalue weighted by molar-refractivity contribution is -0.120. The third-order valence-electron chi connectivity index (χ3n) is 4.51. The highest BCUT2D eigenvalue weighted by atomic mass is 16.2. The zero-order valence-electron chi connectivity index (χ0n) is 14.1. The van der Waals surface area contributed by atoms with Crippen molar-refractivity contribution in [3.8, 4) is 0 Å². The van der Waals surface area contributed by atoms with Gasteiger partial charge in [-0.1, -0.05) is 13.0 Å². The predicted molar refractivity (Wildman–Crippen MR) is 91.3 cm³/mol. The molecule has 1 atom stereocenters. The highest BCUT2D eigenvalue weighted by Gasteiger charge is 2.33. The normalized spacial score (nSPS) is 21.2. The molecule has 0 saturated carbocycles. The second-order valence-corrected chi connectivity index (χ2v) is 6.78. The van der Waals surface area contributed by atoms with Crippen LogP contribution in [0, 0.1) is 19.3 Å². The van der Waals surface area contributed by atoms with E-state index in [0.29, 0.717) is 12.2 Å². The molecule has 0 aliphatic carbocycles. The zero-order valence-corrected chi connectivity index (χ0v) is 14.1. The van der Waals surface area contributed by atoms with Crippen molar-refractivity contribution in [3.63, 3.8) is 0 Å². The van der Waals surface area contributed by atoms with Crippen molar-refractivity contribution in [2.24, 2.45) is 11.1 Å². The summed E-state index contributed by atoms with van der Waals surface area (Å²) in [6, 6.07) is 5.13. The van der Waals surface area contributed by atoms with E-state index >= 15 is 0 Å². The van der Waals surface area contributed by atoms with Gasteiger partial charge in [0.1, 0.15) is 0 Å². The van der Waals surface area contributed by atoms with Gasteiger partial charge in [-0.05, 0) is 62.0 Å². The molecule has 0 radical (unpaired) electrons. The second-order valence-electron chi connectivity index (χ2n) is 6.78. The number of likely N-dealkylation sites (tertiary alicyclic amines) is 1. The van der Waals surface area contributed by atoms with Crippen LogP contribution in [0.15, 0.2) is 18.2 Å². The Bertz CT molecular complexity index is 602. The Morgan fingerprint density at radius 3 is 2.65 bits per heavy atom. The molecule has 0 bridgehead atoms. The molecule has 0 aromatic heterocycles. The number of hydrogen-bond acceptors (Lipinski definition) is 4. The highest BCUT2D eigenvalue weighted by Crippen LogP contribution is 2.27. The van der Waals surface area contributed by atoms with Gasteiger partial charge in [0.2, 0.25) is 5.91 Å². The minimum absolute atomic E-state index is 0.0714. The minimum atomic E-state index is -0.501. The molecule has 4 N–H and O–H groups in total. The summed E-state index contributed by atoms with van der Waals surface area (Å²) in [5.74, 6) is -0.299. The van der Waals surface area contributed by atoms with Gasteiger partial charge >= 0.3 is 6.03 Å². The Morgan fingerprint density at radius 2 is 2.04 bits per heavy atom. The van der Waals surface area contributed by atoms with Crippen molar-refractivity contribution in [2.75, 3.05) is 31.5 Å². The monoisotopic (exact) mass is 318 g/mol. The van der Waals surface area contributed by atoms with E-state index in [1.54, 1.807) is 0 Å². The molecule has 6 nitrogen and oxygen atoms in total. The Hall–Kier alpha value is -1.92. The lowest BCUT2D eigenvalue weighted by atomic mass is 9.90. The molecule has 1 aromatic carbocycles. The first kappa shape index (κ1) is 17.4. The lowest BCUT2D eigenvalue weighted by Crippen LogP contribution is -2.42. The maximum atomic E-state index is 12.0. The molecule has 1 aliphatic heterocycles. The van der Waals surface area contributed by atoms with Gasteiger partial charge in [-0.2, -0.15) is 0 Å². The molecule has 3 amide bonds. The highest BCUT2D eigenvalue weighted by molar-refractivity contribution is 6.01. The van der Waals surface area contributed by atoms with Gasteiger partial charge in [0.05, 0.1) is 6.54 Å². The summed E-state index contributed by atoms with van der Waals surface area (Å²) in [5.41, 5.74) is 8.75. The van der Waals surface area contributed by atoms with E-state index in [0.717, 1.165) is 30.6 Å². The Morgan fingerprint density at radius 1 is 1.30 bits per heavy atom. The van der Waals surface area contributed by atoms with Crippen LogP contribution in [0.2, 0.25) is 0 Å². The standard InChI is InChI=1S/C17H26N4O2/c1-12-4-5-14(8-13(12)2)19-16(23)20-15(22)9-21-7-6-17(3,10-18)11-21/h4-5,8H,6-7,9-11,18H2,1-3H3,(H2,19,20,22,23). The van der Waals surface area contributed by atoms with E-state index in [1.165, 1.54) is 0 Å². The summed E-state index contributed by atoms with van der Waals surface area (Å²) in [6.45, 7) is 8.56. The number of aryl methyl sites for hydroxylation is 2. The molecule has 1 unspecified atom stereocenters. The smallest absolute Gasteiger partial charge is 0.325 e. The number of nitrogens with one attached hydrogen (secondary N) is 2. The first-order valence-electron chi connectivity index (χ1n) is 7.92. The zero-order chi connectivity index (χ0) is 17.0. The van der Waals surface area contributed by atoms with Crippen LogP contribution in [-0.4, -0.2) is 43.0 Å². The molecule has 1 aromatic rings. The molecule has 2 rings (SSSR count). The van der Waals surface area contributed by atoms with Crippen molar-refractivity contribution in [1.29, 1.82) is 0 Å². The van der Waals surface area contributed by atoms with Crippen molar-refractivity contribution in [2.45, 2.75) is 27.2 Å². The summed E-state index contributed by atoms with van der Waals surface area (Å²) >= 11 is 0. The Labute approximate surface area is 137 Å². The molecule has 126 valence electrons. The Kier molecular flexibility index (Phi) is 5.38. The quantitative estimate of drug-likeness (QED) is 0.787. The first-order valence-corrected chi connectivity index (χ1v) is 7.92. The fraction of sp³-hybridized carbons (Fsp3) is 0.529. The molecule has 1 heterocycles. The average Bonchev–Trinajstić information content (AvgIpc) is 2.84. The van der Waals surface area contributed by atoms with Crippen LogP contribution < -0.4 is 16.4 Å². The SMILES string of the molecule is Cc1ccc(NC(=O)NC(=O)CN2CCC(C)(CN)C2)cc1C. The van der Waals surface area contributed by atoms with Crippen LogP contribution in [0.1, 0.15) is 24.5 Å². The van der Waals surface area contributed by atoms with Crippen molar-refractivity contribution < 1.29 is 9.59 Å². The summed E-state index contributed by atoms with van der Waals surface area (Å²) in [7, 11) is 0. The first-order chi connectivity index (χ1) is 10.8. The molecule has 1 aliphatic rings. The lowest BCUT2D eigenvalue weighted by Gasteiger charge is -2.22. The van der Waals surface area contributed by atoms with Crippen molar-refractivity contribution in [3.05, 3.63) is 29.3 Å². The van der Waals surface area contributed by atoms with E-state index in [-0.39, 0.29) is 17.9 Å². The molecular formula is C17H26N4O2. The number of imide groups is 1. The van der Waals surface area contributed by atoms with E-state index in [4.69, 9.17) is 5.73 Å². The number of benzene rings is 1. The van der Waals surface area contributed by atoms with Gasteiger partial charge in [0.15, 0.2) is 0 Å². The number of carbonyl (C=O) groups excluding carboxylic acids is 2. The average molecular weight is 318 g/mol. The topological polar surface area (TPSA) is 87.5 Å². The predicted octanol–water partition coefficient (Wildman–Crippen LogP) is 1.62. The van der Waals surface area contributed by atoms with Crippen molar-refractivity contribution in [1.82, 2.24) is 10.2 Å². The van der Waals surface area contributed by atoms with Gasteiger partial charge in [-0.3, -0.25) is 15.0 Å². The molecular weight excluding hydrogens is 292 g/mol. The molecule has 1 fully saturated rings. The molecule has 6 heteroatoms. The van der Waals surface area contributed by atoms with Gasteiger partial charge in [0, 0.05) is 12.2 Å². The number of carbonyl (C=O) groups is 2.